The van der Waals surface area contributed by atoms with Gasteiger partial charge in [0.2, 0.25) is 11.8 Å². The predicted octanol–water partition coefficient (Wildman–Crippen LogP) is 2.92. The standard InChI is InChI=1S/C16H21Cl2N3O2/c1-2-21(15(23)9-11-5-4-8-19-11)10-14(22)20-16-12(17)6-3-7-13(16)18/h3,6-7,11,19H,2,4-5,8-10H2,1H3,(H,20,22). The highest BCUT2D eigenvalue weighted by Gasteiger charge is 2.22. The van der Waals surface area contributed by atoms with Crippen LogP contribution in [-0.2, 0) is 9.59 Å². The van der Waals surface area contributed by atoms with Crippen LogP contribution in [0, 0.1) is 0 Å². The van der Waals surface area contributed by atoms with Crippen LogP contribution in [0.15, 0.2) is 18.2 Å². The van der Waals surface area contributed by atoms with Crippen LogP contribution in [0.1, 0.15) is 26.2 Å². The Kier molecular flexibility index (Phi) is 6.69. The number of likely N-dealkylation sites (N-methyl/N-ethyl adjacent to an activating group) is 1. The second kappa shape index (κ2) is 8.52. The van der Waals surface area contributed by atoms with Gasteiger partial charge in [0.25, 0.3) is 0 Å². The van der Waals surface area contributed by atoms with Gasteiger partial charge in [-0.05, 0) is 38.4 Å². The zero-order valence-electron chi connectivity index (χ0n) is 13.1. The van der Waals surface area contributed by atoms with E-state index in [-0.39, 0.29) is 24.4 Å². The minimum atomic E-state index is -0.311. The molecule has 2 N–H and O–H groups in total. The van der Waals surface area contributed by atoms with Gasteiger partial charge in [0.15, 0.2) is 0 Å². The lowest BCUT2D eigenvalue weighted by molar-refractivity contribution is -0.134. The van der Waals surface area contributed by atoms with Crippen LogP contribution in [0.5, 0.6) is 0 Å². The molecule has 0 spiro atoms. The minimum absolute atomic E-state index is 0.0103. The van der Waals surface area contributed by atoms with Crippen LogP contribution in [0.4, 0.5) is 5.69 Å². The molecule has 126 valence electrons. The molecule has 5 nitrogen and oxygen atoms in total. The lowest BCUT2D eigenvalue weighted by Crippen LogP contribution is -2.40. The minimum Gasteiger partial charge on any atom is -0.334 e. The van der Waals surface area contributed by atoms with E-state index in [1.807, 2.05) is 6.92 Å². The number of para-hydroxylation sites is 1. The van der Waals surface area contributed by atoms with Crippen LogP contribution in [0.2, 0.25) is 10.0 Å². The average molecular weight is 358 g/mol. The second-order valence-corrected chi connectivity index (χ2v) is 6.36. The van der Waals surface area contributed by atoms with E-state index in [0.29, 0.717) is 28.7 Å². The van der Waals surface area contributed by atoms with Crippen LogP contribution in [0.25, 0.3) is 0 Å². The number of nitrogens with zero attached hydrogens (tertiary/aromatic N) is 1. The average Bonchev–Trinajstić information content (AvgIpc) is 3.01. The number of halogens is 2. The van der Waals surface area contributed by atoms with Gasteiger partial charge in [-0.25, -0.2) is 0 Å². The Labute approximate surface area is 146 Å². The van der Waals surface area contributed by atoms with Gasteiger partial charge in [0, 0.05) is 19.0 Å². The van der Waals surface area contributed by atoms with E-state index < -0.39 is 0 Å². The van der Waals surface area contributed by atoms with Crippen LogP contribution < -0.4 is 10.6 Å². The summed E-state index contributed by atoms with van der Waals surface area (Å²) in [5.41, 5.74) is 0.377. The molecule has 1 saturated heterocycles. The summed E-state index contributed by atoms with van der Waals surface area (Å²) in [5, 5.41) is 6.71. The topological polar surface area (TPSA) is 61.4 Å². The van der Waals surface area contributed by atoms with Crippen molar-refractivity contribution in [3.05, 3.63) is 28.2 Å². The number of amides is 2. The third-order valence-corrected chi connectivity index (χ3v) is 4.51. The van der Waals surface area contributed by atoms with Gasteiger partial charge < -0.3 is 15.5 Å². The molecule has 1 aromatic carbocycles. The number of carbonyl (C=O) groups is 2. The monoisotopic (exact) mass is 357 g/mol. The summed E-state index contributed by atoms with van der Waals surface area (Å²) in [6, 6.07) is 5.23. The highest BCUT2D eigenvalue weighted by atomic mass is 35.5. The summed E-state index contributed by atoms with van der Waals surface area (Å²) in [7, 11) is 0. The molecule has 1 unspecified atom stereocenters. The Morgan fingerprint density at radius 1 is 1.35 bits per heavy atom. The van der Waals surface area contributed by atoms with Gasteiger partial charge in [0.1, 0.15) is 0 Å². The molecule has 0 bridgehead atoms. The highest BCUT2D eigenvalue weighted by molar-refractivity contribution is 6.39. The molecule has 1 aromatic rings. The fraction of sp³-hybridized carbons (Fsp3) is 0.500. The molecule has 0 aliphatic carbocycles. The number of nitrogens with one attached hydrogen (secondary N) is 2. The molecule has 1 aliphatic heterocycles. The molecular weight excluding hydrogens is 337 g/mol. The Hall–Kier alpha value is -1.30. The summed E-state index contributed by atoms with van der Waals surface area (Å²) in [4.78, 5) is 26.0. The fourth-order valence-corrected chi connectivity index (χ4v) is 3.11. The maximum Gasteiger partial charge on any atom is 0.244 e. The van der Waals surface area contributed by atoms with E-state index in [4.69, 9.17) is 23.2 Å². The van der Waals surface area contributed by atoms with E-state index in [0.717, 1.165) is 19.4 Å². The molecule has 1 aliphatic rings. The number of rotatable bonds is 6. The van der Waals surface area contributed by atoms with E-state index >= 15 is 0 Å². The maximum atomic E-state index is 12.3. The zero-order chi connectivity index (χ0) is 16.8. The van der Waals surface area contributed by atoms with Crippen molar-refractivity contribution in [2.75, 3.05) is 25.0 Å². The van der Waals surface area contributed by atoms with Crippen molar-refractivity contribution in [3.63, 3.8) is 0 Å². The van der Waals surface area contributed by atoms with Gasteiger partial charge in [-0.1, -0.05) is 29.3 Å². The zero-order valence-corrected chi connectivity index (χ0v) is 14.6. The first-order valence-electron chi connectivity index (χ1n) is 7.76. The van der Waals surface area contributed by atoms with E-state index in [1.54, 1.807) is 23.1 Å². The molecule has 1 heterocycles. The lowest BCUT2D eigenvalue weighted by Gasteiger charge is -2.22. The van der Waals surface area contributed by atoms with Gasteiger partial charge in [-0.15, -0.1) is 0 Å². The number of carbonyl (C=O) groups excluding carboxylic acids is 2. The van der Waals surface area contributed by atoms with E-state index in [1.165, 1.54) is 0 Å². The summed E-state index contributed by atoms with van der Waals surface area (Å²) < 4.78 is 0. The van der Waals surface area contributed by atoms with Crippen LogP contribution in [0.3, 0.4) is 0 Å². The molecule has 0 saturated carbocycles. The first-order valence-corrected chi connectivity index (χ1v) is 8.52. The largest absolute Gasteiger partial charge is 0.334 e. The third kappa shape index (κ3) is 5.09. The molecule has 1 fully saturated rings. The molecule has 0 aromatic heterocycles. The summed E-state index contributed by atoms with van der Waals surface area (Å²) in [5.74, 6) is -0.332. The summed E-state index contributed by atoms with van der Waals surface area (Å²) in [6.45, 7) is 3.28. The predicted molar refractivity (Wildman–Crippen MR) is 93.0 cm³/mol. The van der Waals surface area contributed by atoms with Gasteiger partial charge in [-0.3, -0.25) is 9.59 Å². The van der Waals surface area contributed by atoms with Gasteiger partial charge >= 0.3 is 0 Å². The van der Waals surface area contributed by atoms with Crippen molar-refractivity contribution in [3.8, 4) is 0 Å². The number of anilines is 1. The normalized spacial score (nSPS) is 17.1. The number of hydrogen-bond acceptors (Lipinski definition) is 3. The Morgan fingerprint density at radius 3 is 2.61 bits per heavy atom. The molecule has 2 amide bonds. The van der Waals surface area contributed by atoms with Gasteiger partial charge in [0.05, 0.1) is 22.3 Å². The lowest BCUT2D eigenvalue weighted by atomic mass is 10.1. The Morgan fingerprint density at radius 2 is 2.04 bits per heavy atom. The molecule has 7 heteroatoms. The maximum absolute atomic E-state index is 12.3. The number of benzene rings is 1. The molecule has 23 heavy (non-hydrogen) atoms. The van der Waals surface area contributed by atoms with Crippen molar-refractivity contribution < 1.29 is 9.59 Å². The summed E-state index contributed by atoms with van der Waals surface area (Å²) in [6.07, 6.45) is 2.52. The summed E-state index contributed by atoms with van der Waals surface area (Å²) >= 11 is 12.1. The third-order valence-electron chi connectivity index (χ3n) is 3.88. The van der Waals surface area contributed by atoms with Crippen molar-refractivity contribution in [2.24, 2.45) is 0 Å². The molecular formula is C16H21Cl2N3O2. The molecule has 2 rings (SSSR count). The Bertz CT molecular complexity index is 554. The van der Waals surface area contributed by atoms with Crippen molar-refractivity contribution in [1.29, 1.82) is 0 Å². The quantitative estimate of drug-likeness (QED) is 0.822. The van der Waals surface area contributed by atoms with E-state index in [2.05, 4.69) is 10.6 Å². The number of hydrogen-bond donors (Lipinski definition) is 2. The Balaban J connectivity index is 1.92. The highest BCUT2D eigenvalue weighted by Crippen LogP contribution is 2.29. The van der Waals surface area contributed by atoms with Crippen LogP contribution >= 0.6 is 23.2 Å². The second-order valence-electron chi connectivity index (χ2n) is 5.55. The fourth-order valence-electron chi connectivity index (χ4n) is 2.62. The molecule has 0 radical (unpaired) electrons. The van der Waals surface area contributed by atoms with Gasteiger partial charge in [-0.2, -0.15) is 0 Å². The van der Waals surface area contributed by atoms with Crippen molar-refractivity contribution in [1.82, 2.24) is 10.2 Å². The van der Waals surface area contributed by atoms with Crippen LogP contribution in [-0.4, -0.2) is 42.4 Å². The van der Waals surface area contributed by atoms with E-state index in [9.17, 15) is 9.59 Å². The first-order chi connectivity index (χ1) is 11.0. The SMILES string of the molecule is CCN(CC(=O)Nc1c(Cl)cccc1Cl)C(=O)CC1CCCN1. The van der Waals surface area contributed by atoms with Crippen molar-refractivity contribution in [2.45, 2.75) is 32.2 Å². The smallest absolute Gasteiger partial charge is 0.244 e. The van der Waals surface area contributed by atoms with Crippen molar-refractivity contribution >= 4 is 40.7 Å². The first kappa shape index (κ1) is 18.0. The molecule has 1 atom stereocenters.